The Hall–Kier alpha value is -1.83. The van der Waals surface area contributed by atoms with Crippen molar-refractivity contribution < 1.29 is 5.11 Å². The molecule has 0 saturated heterocycles. The molecule has 15 heavy (non-hydrogen) atoms. The number of benzene rings is 1. The van der Waals surface area contributed by atoms with E-state index < -0.39 is 0 Å². The average molecular weight is 199 g/mol. The molecule has 1 aliphatic carbocycles. The van der Waals surface area contributed by atoms with Gasteiger partial charge in [0.1, 0.15) is 5.75 Å². The number of aliphatic imine (C=N–C) groups is 1. The van der Waals surface area contributed by atoms with E-state index in [4.69, 9.17) is 0 Å². The van der Waals surface area contributed by atoms with Gasteiger partial charge in [0, 0.05) is 11.8 Å². The zero-order valence-electron chi connectivity index (χ0n) is 8.43. The highest BCUT2D eigenvalue weighted by Crippen LogP contribution is 2.15. The summed E-state index contributed by atoms with van der Waals surface area (Å²) < 4.78 is 0. The topological polar surface area (TPSA) is 32.6 Å². The Labute approximate surface area is 89.3 Å². The van der Waals surface area contributed by atoms with Crippen molar-refractivity contribution in [3.05, 3.63) is 53.8 Å². The van der Waals surface area contributed by atoms with Gasteiger partial charge in [0.05, 0.1) is 5.70 Å². The van der Waals surface area contributed by atoms with Crippen molar-refractivity contribution in [1.29, 1.82) is 0 Å². The SMILES string of the molecule is Oc1ccccc1C=NC1=CCCC=C1. The van der Waals surface area contributed by atoms with Crippen LogP contribution in [0, 0.1) is 0 Å². The van der Waals surface area contributed by atoms with Crippen LogP contribution < -0.4 is 0 Å². The Morgan fingerprint density at radius 2 is 2.07 bits per heavy atom. The summed E-state index contributed by atoms with van der Waals surface area (Å²) in [7, 11) is 0. The molecule has 0 unspecified atom stereocenters. The molecule has 0 bridgehead atoms. The molecular formula is C13H13NO. The van der Waals surface area contributed by atoms with E-state index in [1.807, 2.05) is 18.2 Å². The third kappa shape index (κ3) is 2.56. The quantitative estimate of drug-likeness (QED) is 0.729. The third-order valence-corrected chi connectivity index (χ3v) is 2.26. The Morgan fingerprint density at radius 3 is 2.80 bits per heavy atom. The molecule has 2 heteroatoms. The van der Waals surface area contributed by atoms with Crippen LogP contribution in [-0.4, -0.2) is 11.3 Å². The fourth-order valence-corrected chi connectivity index (χ4v) is 1.44. The summed E-state index contributed by atoms with van der Waals surface area (Å²) in [5.41, 5.74) is 1.71. The van der Waals surface area contributed by atoms with E-state index in [1.54, 1.807) is 18.3 Å². The minimum Gasteiger partial charge on any atom is -0.507 e. The second-order valence-corrected chi connectivity index (χ2v) is 3.43. The minimum atomic E-state index is 0.265. The first-order valence-corrected chi connectivity index (χ1v) is 5.05. The first-order chi connectivity index (χ1) is 7.36. The average Bonchev–Trinajstić information content (AvgIpc) is 2.29. The summed E-state index contributed by atoms with van der Waals surface area (Å²) in [6.07, 6.45) is 10.0. The van der Waals surface area contributed by atoms with Crippen LogP contribution in [0.3, 0.4) is 0 Å². The molecule has 0 heterocycles. The number of phenolic OH excluding ortho intramolecular Hbond substituents is 1. The van der Waals surface area contributed by atoms with E-state index in [9.17, 15) is 5.11 Å². The minimum absolute atomic E-state index is 0.265. The van der Waals surface area contributed by atoms with Crippen LogP contribution in [0.5, 0.6) is 5.75 Å². The van der Waals surface area contributed by atoms with Crippen molar-refractivity contribution in [2.24, 2.45) is 4.99 Å². The third-order valence-electron chi connectivity index (χ3n) is 2.26. The van der Waals surface area contributed by atoms with E-state index in [1.165, 1.54) is 0 Å². The Kier molecular flexibility index (Phi) is 2.98. The lowest BCUT2D eigenvalue weighted by Crippen LogP contribution is -1.85. The summed E-state index contributed by atoms with van der Waals surface area (Å²) >= 11 is 0. The van der Waals surface area contributed by atoms with Crippen LogP contribution in [0.25, 0.3) is 0 Å². The molecule has 0 atom stereocenters. The molecule has 0 aromatic heterocycles. The number of allylic oxidation sites excluding steroid dienone is 3. The molecule has 1 aromatic rings. The lowest BCUT2D eigenvalue weighted by molar-refractivity contribution is 0.474. The van der Waals surface area contributed by atoms with Crippen molar-refractivity contribution in [1.82, 2.24) is 0 Å². The normalized spacial score (nSPS) is 15.6. The molecular weight excluding hydrogens is 186 g/mol. The van der Waals surface area contributed by atoms with Crippen LogP contribution in [0.4, 0.5) is 0 Å². The van der Waals surface area contributed by atoms with Gasteiger partial charge in [-0.2, -0.15) is 0 Å². The molecule has 0 amide bonds. The Balaban J connectivity index is 2.15. The molecule has 0 fully saturated rings. The standard InChI is InChI=1S/C13H13NO/c15-13-9-5-4-6-11(13)10-14-12-7-2-1-3-8-12/h2,4-10,15H,1,3H2. The van der Waals surface area contributed by atoms with E-state index in [-0.39, 0.29) is 5.75 Å². The zero-order valence-corrected chi connectivity index (χ0v) is 8.43. The number of para-hydroxylation sites is 1. The predicted molar refractivity (Wildman–Crippen MR) is 62.2 cm³/mol. The molecule has 0 spiro atoms. The molecule has 0 saturated carbocycles. The van der Waals surface area contributed by atoms with Gasteiger partial charge in [0.2, 0.25) is 0 Å². The van der Waals surface area contributed by atoms with Crippen LogP contribution in [0.15, 0.2) is 53.2 Å². The summed E-state index contributed by atoms with van der Waals surface area (Å²) in [5.74, 6) is 0.265. The van der Waals surface area contributed by atoms with E-state index in [2.05, 4.69) is 17.1 Å². The maximum Gasteiger partial charge on any atom is 0.124 e. The largest absolute Gasteiger partial charge is 0.507 e. The molecule has 76 valence electrons. The van der Waals surface area contributed by atoms with Crippen LogP contribution in [0.2, 0.25) is 0 Å². The summed E-state index contributed by atoms with van der Waals surface area (Å²) in [6, 6.07) is 7.18. The maximum absolute atomic E-state index is 9.51. The van der Waals surface area contributed by atoms with Gasteiger partial charge in [-0.05, 0) is 31.1 Å². The van der Waals surface area contributed by atoms with Crippen molar-refractivity contribution in [2.45, 2.75) is 12.8 Å². The van der Waals surface area contributed by atoms with Gasteiger partial charge in [-0.15, -0.1) is 0 Å². The molecule has 1 N–H and O–H groups in total. The highest BCUT2D eigenvalue weighted by atomic mass is 16.3. The molecule has 0 radical (unpaired) electrons. The van der Waals surface area contributed by atoms with Crippen molar-refractivity contribution in [2.75, 3.05) is 0 Å². The van der Waals surface area contributed by atoms with Gasteiger partial charge in [-0.3, -0.25) is 4.99 Å². The number of rotatable bonds is 2. The second-order valence-electron chi connectivity index (χ2n) is 3.43. The monoisotopic (exact) mass is 199 g/mol. The van der Waals surface area contributed by atoms with E-state index in [0.29, 0.717) is 0 Å². The fourth-order valence-electron chi connectivity index (χ4n) is 1.44. The summed E-state index contributed by atoms with van der Waals surface area (Å²) in [4.78, 5) is 4.30. The van der Waals surface area contributed by atoms with Gasteiger partial charge in [0.25, 0.3) is 0 Å². The molecule has 0 aliphatic heterocycles. The Morgan fingerprint density at radius 1 is 1.20 bits per heavy atom. The van der Waals surface area contributed by atoms with E-state index in [0.717, 1.165) is 24.1 Å². The van der Waals surface area contributed by atoms with Gasteiger partial charge in [0.15, 0.2) is 0 Å². The number of hydrogen-bond acceptors (Lipinski definition) is 2. The highest BCUT2D eigenvalue weighted by molar-refractivity contribution is 5.84. The van der Waals surface area contributed by atoms with Crippen LogP contribution >= 0.6 is 0 Å². The number of aromatic hydroxyl groups is 1. The van der Waals surface area contributed by atoms with Gasteiger partial charge in [-0.1, -0.05) is 24.3 Å². The predicted octanol–water partition coefficient (Wildman–Crippen LogP) is 3.05. The van der Waals surface area contributed by atoms with Gasteiger partial charge in [-0.25, -0.2) is 0 Å². The fraction of sp³-hybridized carbons (Fsp3) is 0.154. The number of nitrogens with zero attached hydrogens (tertiary/aromatic N) is 1. The molecule has 2 nitrogen and oxygen atoms in total. The van der Waals surface area contributed by atoms with Crippen LogP contribution in [0.1, 0.15) is 18.4 Å². The highest BCUT2D eigenvalue weighted by Gasteiger charge is 1.96. The first kappa shape index (κ1) is 9.71. The second kappa shape index (κ2) is 4.60. The molecule has 1 aromatic carbocycles. The van der Waals surface area contributed by atoms with Gasteiger partial charge < -0.3 is 5.11 Å². The van der Waals surface area contributed by atoms with Crippen molar-refractivity contribution in [3.63, 3.8) is 0 Å². The molecule has 2 rings (SSSR count). The van der Waals surface area contributed by atoms with Crippen molar-refractivity contribution in [3.8, 4) is 5.75 Å². The first-order valence-electron chi connectivity index (χ1n) is 5.05. The van der Waals surface area contributed by atoms with Crippen LogP contribution in [-0.2, 0) is 0 Å². The Bertz CT molecular complexity index is 430. The van der Waals surface area contributed by atoms with E-state index >= 15 is 0 Å². The summed E-state index contributed by atoms with van der Waals surface area (Å²) in [6.45, 7) is 0. The maximum atomic E-state index is 9.51. The zero-order chi connectivity index (χ0) is 10.5. The lowest BCUT2D eigenvalue weighted by atomic mass is 10.1. The smallest absolute Gasteiger partial charge is 0.124 e. The van der Waals surface area contributed by atoms with Crippen molar-refractivity contribution >= 4 is 6.21 Å². The number of hydrogen-bond donors (Lipinski definition) is 1. The molecule has 1 aliphatic rings. The lowest BCUT2D eigenvalue weighted by Gasteiger charge is -2.01. The van der Waals surface area contributed by atoms with Gasteiger partial charge >= 0.3 is 0 Å². The number of phenols is 1. The summed E-state index contributed by atoms with van der Waals surface area (Å²) in [5, 5.41) is 9.51.